The Hall–Kier alpha value is -0.550. The predicted molar refractivity (Wildman–Crippen MR) is 65.4 cm³/mol. The Morgan fingerprint density at radius 3 is 2.55 bits per heavy atom. The number of nitrogens with one attached hydrogen (secondary N) is 1. The lowest BCUT2D eigenvalue weighted by Gasteiger charge is -2.41. The molecule has 2 aliphatic rings. The van der Waals surface area contributed by atoms with Gasteiger partial charge >= 0.3 is 6.18 Å². The van der Waals surface area contributed by atoms with Gasteiger partial charge < -0.3 is 25.0 Å². The third kappa shape index (κ3) is 2.75. The molecule has 0 bridgehead atoms. The fourth-order valence-electron chi connectivity index (χ4n) is 2.21. The number of methoxy groups -OCH3 is 1. The van der Waals surface area contributed by atoms with Gasteiger partial charge in [0.05, 0.1) is 0 Å². The van der Waals surface area contributed by atoms with Gasteiger partial charge in [0.15, 0.2) is 11.3 Å². The van der Waals surface area contributed by atoms with E-state index in [2.05, 4.69) is 15.0 Å². The summed E-state index contributed by atoms with van der Waals surface area (Å²) < 4.78 is 48.2. The van der Waals surface area contributed by atoms with E-state index in [0.29, 0.717) is 5.17 Å². The maximum Gasteiger partial charge on any atom is 0.417 e. The van der Waals surface area contributed by atoms with Gasteiger partial charge in [-0.2, -0.15) is 13.2 Å². The molecule has 0 saturated carbocycles. The van der Waals surface area contributed by atoms with Crippen molar-refractivity contribution in [3.05, 3.63) is 0 Å². The van der Waals surface area contributed by atoms with Crippen LogP contribution in [0.15, 0.2) is 4.99 Å². The van der Waals surface area contributed by atoms with E-state index in [4.69, 9.17) is 4.74 Å². The van der Waals surface area contributed by atoms with Crippen LogP contribution >= 0.6 is 11.8 Å². The predicted octanol–water partition coefficient (Wildman–Crippen LogP) is -0.299. The highest BCUT2D eigenvalue weighted by molar-refractivity contribution is 8.14. The maximum atomic E-state index is 12.8. The summed E-state index contributed by atoms with van der Waals surface area (Å²) >= 11 is 1.07. The number of alkyl halides is 3. The van der Waals surface area contributed by atoms with Gasteiger partial charge in [-0.1, -0.05) is 11.8 Å². The van der Waals surface area contributed by atoms with E-state index in [-0.39, 0.29) is 0 Å². The van der Waals surface area contributed by atoms with Crippen molar-refractivity contribution in [3.8, 4) is 0 Å². The van der Waals surface area contributed by atoms with Crippen LogP contribution in [0.4, 0.5) is 13.2 Å². The number of hydrogen-bond acceptors (Lipinski definition) is 7. The first-order chi connectivity index (χ1) is 9.29. The number of aliphatic hydroxyl groups is 2. The standard InChI is InChI=1S/C10H15F3N2O4S/c1-14-9-15-3-4(16)5(17)6(19-8(3)20-9)7(18-2)10(11,12)13/h3-8,16-17H,1-2H3,(H,14,15)/t3-,4-,5+,6+,7+,8-/m1/s1. The van der Waals surface area contributed by atoms with Gasteiger partial charge in [-0.3, -0.25) is 4.99 Å². The molecule has 0 amide bonds. The summed E-state index contributed by atoms with van der Waals surface area (Å²) in [7, 11) is 2.47. The van der Waals surface area contributed by atoms with E-state index < -0.39 is 42.1 Å². The molecule has 0 aromatic carbocycles. The molecule has 0 unspecified atom stereocenters. The highest BCUT2D eigenvalue weighted by Gasteiger charge is 2.56. The number of rotatable bonds is 2. The van der Waals surface area contributed by atoms with Crippen LogP contribution in [0.1, 0.15) is 0 Å². The van der Waals surface area contributed by atoms with Crippen LogP contribution in [0.2, 0.25) is 0 Å². The fraction of sp³-hybridized carbons (Fsp3) is 0.900. The van der Waals surface area contributed by atoms with Gasteiger partial charge in [-0.05, 0) is 0 Å². The number of aliphatic hydroxyl groups excluding tert-OH is 2. The zero-order valence-electron chi connectivity index (χ0n) is 10.7. The summed E-state index contributed by atoms with van der Waals surface area (Å²) in [6.07, 6.45) is -11.9. The average Bonchev–Trinajstić information content (AvgIpc) is 2.77. The molecule has 0 spiro atoms. The Morgan fingerprint density at radius 2 is 2.05 bits per heavy atom. The van der Waals surface area contributed by atoms with E-state index in [1.807, 2.05) is 0 Å². The summed E-state index contributed by atoms with van der Waals surface area (Å²) in [4.78, 5) is 4.05. The molecular formula is C10H15F3N2O4S. The van der Waals surface area contributed by atoms with Crippen molar-refractivity contribution >= 4 is 16.9 Å². The number of thioether (sulfide) groups is 1. The molecule has 2 rings (SSSR count). The van der Waals surface area contributed by atoms with Crippen LogP contribution in [0, 0.1) is 0 Å². The molecule has 3 N–H and O–H groups in total. The molecule has 116 valence electrons. The number of ether oxygens (including phenoxy) is 2. The minimum absolute atomic E-state index is 0.438. The van der Waals surface area contributed by atoms with Crippen LogP contribution in [-0.4, -0.2) is 71.6 Å². The molecule has 1 saturated heterocycles. The smallest absolute Gasteiger partial charge is 0.388 e. The third-order valence-corrected chi connectivity index (χ3v) is 4.34. The molecular weight excluding hydrogens is 301 g/mol. The molecule has 6 nitrogen and oxygen atoms in total. The molecule has 0 radical (unpaired) electrons. The van der Waals surface area contributed by atoms with Crippen molar-refractivity contribution in [3.63, 3.8) is 0 Å². The van der Waals surface area contributed by atoms with Crippen molar-refractivity contribution in [2.45, 2.75) is 42.1 Å². The Bertz CT molecular complexity index is 395. The second-order valence-electron chi connectivity index (χ2n) is 4.44. The minimum Gasteiger partial charge on any atom is -0.388 e. The Labute approximate surface area is 117 Å². The zero-order chi connectivity index (χ0) is 15.1. The van der Waals surface area contributed by atoms with Crippen LogP contribution < -0.4 is 5.32 Å². The van der Waals surface area contributed by atoms with E-state index >= 15 is 0 Å². The lowest BCUT2D eigenvalue weighted by Crippen LogP contribution is -2.61. The third-order valence-electron chi connectivity index (χ3n) is 3.19. The van der Waals surface area contributed by atoms with Crippen molar-refractivity contribution in [2.24, 2.45) is 4.99 Å². The van der Waals surface area contributed by atoms with Gasteiger partial charge in [0.1, 0.15) is 29.8 Å². The second kappa shape index (κ2) is 5.68. The summed E-state index contributed by atoms with van der Waals surface area (Å²) in [5.74, 6) is 0. The molecule has 0 aromatic heterocycles. The molecule has 20 heavy (non-hydrogen) atoms. The van der Waals surface area contributed by atoms with E-state index in [1.54, 1.807) is 7.05 Å². The largest absolute Gasteiger partial charge is 0.417 e. The molecule has 0 aliphatic carbocycles. The first-order valence-corrected chi connectivity index (χ1v) is 6.71. The number of fused-ring (bicyclic) bond motifs is 1. The van der Waals surface area contributed by atoms with Crippen molar-refractivity contribution in [1.29, 1.82) is 0 Å². The normalized spacial score (nSPS) is 39.1. The summed E-state index contributed by atoms with van der Waals surface area (Å²) in [6, 6.07) is -0.806. The van der Waals surface area contributed by atoms with Crippen LogP contribution in [0.25, 0.3) is 0 Å². The summed E-state index contributed by atoms with van der Waals surface area (Å²) in [5, 5.41) is 23.0. The monoisotopic (exact) mass is 316 g/mol. The molecule has 2 heterocycles. The quantitative estimate of drug-likeness (QED) is 0.649. The minimum atomic E-state index is -4.71. The average molecular weight is 316 g/mol. The van der Waals surface area contributed by atoms with Gasteiger partial charge in [-0.15, -0.1) is 0 Å². The number of aliphatic imine (C=N–C) groups is 1. The molecule has 1 fully saturated rings. The highest BCUT2D eigenvalue weighted by Crippen LogP contribution is 2.39. The lowest BCUT2D eigenvalue weighted by molar-refractivity contribution is -0.278. The van der Waals surface area contributed by atoms with E-state index in [1.165, 1.54) is 0 Å². The number of halogens is 3. The first-order valence-electron chi connectivity index (χ1n) is 5.83. The Kier molecular flexibility index (Phi) is 4.50. The fourth-order valence-corrected chi connectivity index (χ4v) is 3.28. The SMILES string of the molecule is CNC1=N[C@@H]2[C@@H](O)[C@H](O)[C@@H]([C@H](OC)C(F)(F)F)O[C@@H]2S1. The lowest BCUT2D eigenvalue weighted by atomic mass is 9.94. The van der Waals surface area contributed by atoms with Crippen molar-refractivity contribution < 1.29 is 32.9 Å². The van der Waals surface area contributed by atoms with E-state index in [0.717, 1.165) is 18.9 Å². The van der Waals surface area contributed by atoms with E-state index in [9.17, 15) is 23.4 Å². The molecule has 6 atom stereocenters. The topological polar surface area (TPSA) is 83.3 Å². The number of amidine groups is 1. The summed E-state index contributed by atoms with van der Waals surface area (Å²) in [5.41, 5.74) is -0.791. The van der Waals surface area contributed by atoms with Crippen LogP contribution in [0.3, 0.4) is 0 Å². The van der Waals surface area contributed by atoms with Gasteiger partial charge in [0.25, 0.3) is 0 Å². The zero-order valence-corrected chi connectivity index (χ0v) is 11.5. The first kappa shape index (κ1) is 15.8. The summed E-state index contributed by atoms with van der Waals surface area (Å²) in [6.45, 7) is 0. The maximum absolute atomic E-state index is 12.8. The molecule has 10 heteroatoms. The van der Waals surface area contributed by atoms with Gasteiger partial charge in [0.2, 0.25) is 0 Å². The Balaban J connectivity index is 2.19. The van der Waals surface area contributed by atoms with Gasteiger partial charge in [0, 0.05) is 14.2 Å². The van der Waals surface area contributed by atoms with Gasteiger partial charge in [-0.25, -0.2) is 0 Å². The molecule has 2 aliphatic heterocycles. The van der Waals surface area contributed by atoms with Crippen LogP contribution in [-0.2, 0) is 9.47 Å². The van der Waals surface area contributed by atoms with Crippen LogP contribution in [0.5, 0.6) is 0 Å². The second-order valence-corrected chi connectivity index (χ2v) is 5.53. The number of hydrogen-bond donors (Lipinski definition) is 3. The van der Waals surface area contributed by atoms with Crippen molar-refractivity contribution in [2.75, 3.05) is 14.2 Å². The van der Waals surface area contributed by atoms with Crippen molar-refractivity contribution in [1.82, 2.24) is 5.32 Å². The number of nitrogens with zero attached hydrogens (tertiary/aromatic N) is 1. The highest BCUT2D eigenvalue weighted by atomic mass is 32.2. The Morgan fingerprint density at radius 1 is 1.40 bits per heavy atom. The molecule has 0 aromatic rings.